The third-order valence-electron chi connectivity index (χ3n) is 6.05. The van der Waals surface area contributed by atoms with Crippen molar-refractivity contribution in [1.82, 2.24) is 5.32 Å². The minimum Gasteiger partial charge on any atom is -0.504 e. The minimum absolute atomic E-state index is 0.00566. The summed E-state index contributed by atoms with van der Waals surface area (Å²) in [5, 5.41) is 15.4. The molecule has 174 valence electrons. The van der Waals surface area contributed by atoms with E-state index >= 15 is 0 Å². The largest absolute Gasteiger partial charge is 0.504 e. The quantitative estimate of drug-likeness (QED) is 0.467. The van der Waals surface area contributed by atoms with Gasteiger partial charge in [-0.05, 0) is 42.5 Å². The van der Waals surface area contributed by atoms with Crippen LogP contribution >= 0.6 is 11.3 Å². The molecule has 2 aliphatic rings. The monoisotopic (exact) mass is 469 g/mol. The van der Waals surface area contributed by atoms with E-state index in [1.165, 1.54) is 25.2 Å². The summed E-state index contributed by atoms with van der Waals surface area (Å²) in [6, 6.07) is 8.95. The molecule has 0 saturated heterocycles. The highest BCUT2D eigenvalue weighted by molar-refractivity contribution is 7.10. The summed E-state index contributed by atoms with van der Waals surface area (Å²) < 4.78 is 15.7. The van der Waals surface area contributed by atoms with Gasteiger partial charge in [0.15, 0.2) is 17.3 Å². The SMILES string of the molecule is COCCOC(=O)C1=C(C)NC2=C(C(=O)CC(c3cccs3)C2)C1c1ccc(O)c(OC)c1. The Balaban J connectivity index is 1.79. The fraction of sp³-hybridized carbons (Fsp3) is 0.360. The molecule has 0 bridgehead atoms. The van der Waals surface area contributed by atoms with Gasteiger partial charge in [-0.1, -0.05) is 12.1 Å². The van der Waals surface area contributed by atoms with Crippen LogP contribution in [-0.2, 0) is 19.1 Å². The van der Waals surface area contributed by atoms with E-state index in [9.17, 15) is 14.7 Å². The van der Waals surface area contributed by atoms with Crippen molar-refractivity contribution in [2.24, 2.45) is 0 Å². The molecule has 0 radical (unpaired) electrons. The van der Waals surface area contributed by atoms with Crippen molar-refractivity contribution in [2.75, 3.05) is 27.4 Å². The van der Waals surface area contributed by atoms with Gasteiger partial charge in [-0.2, -0.15) is 0 Å². The average molecular weight is 470 g/mol. The number of rotatable bonds is 7. The molecule has 1 aliphatic heterocycles. The van der Waals surface area contributed by atoms with E-state index in [0.717, 1.165) is 5.70 Å². The third-order valence-corrected chi connectivity index (χ3v) is 7.09. The van der Waals surface area contributed by atoms with E-state index in [1.807, 2.05) is 18.4 Å². The lowest BCUT2D eigenvalue weighted by Crippen LogP contribution is -2.36. The minimum atomic E-state index is -0.623. The fourth-order valence-corrected chi connectivity index (χ4v) is 5.37. The second-order valence-electron chi connectivity index (χ2n) is 8.09. The molecule has 2 unspecified atom stereocenters. The van der Waals surface area contributed by atoms with Crippen LogP contribution in [0, 0.1) is 0 Å². The zero-order valence-corrected chi connectivity index (χ0v) is 19.7. The van der Waals surface area contributed by atoms with Gasteiger partial charge in [0.05, 0.1) is 19.3 Å². The van der Waals surface area contributed by atoms with Crippen LogP contribution in [-0.4, -0.2) is 44.3 Å². The zero-order chi connectivity index (χ0) is 23.5. The molecule has 0 spiro atoms. The summed E-state index contributed by atoms with van der Waals surface area (Å²) in [4.78, 5) is 27.8. The molecule has 0 amide bonds. The number of hydrogen-bond donors (Lipinski definition) is 2. The van der Waals surface area contributed by atoms with Crippen LogP contribution in [0.15, 0.2) is 58.3 Å². The molecule has 4 rings (SSSR count). The Labute approximate surface area is 196 Å². The highest BCUT2D eigenvalue weighted by Gasteiger charge is 2.41. The Bertz CT molecular complexity index is 1120. The second kappa shape index (κ2) is 9.80. The zero-order valence-electron chi connectivity index (χ0n) is 18.8. The first-order valence-corrected chi connectivity index (χ1v) is 11.6. The maximum absolute atomic E-state index is 13.5. The van der Waals surface area contributed by atoms with Crippen LogP contribution in [0.5, 0.6) is 11.5 Å². The molecule has 2 N–H and O–H groups in total. The van der Waals surface area contributed by atoms with Gasteiger partial charge < -0.3 is 24.6 Å². The number of methoxy groups -OCH3 is 2. The van der Waals surface area contributed by atoms with Crippen LogP contribution in [0.3, 0.4) is 0 Å². The van der Waals surface area contributed by atoms with Crippen molar-refractivity contribution in [3.63, 3.8) is 0 Å². The summed E-state index contributed by atoms with van der Waals surface area (Å²) >= 11 is 1.65. The number of thiophene rings is 1. The molecular formula is C25H27NO6S. The highest BCUT2D eigenvalue weighted by Crippen LogP contribution is 2.47. The molecule has 1 aromatic heterocycles. The van der Waals surface area contributed by atoms with Crippen LogP contribution in [0.4, 0.5) is 0 Å². The van der Waals surface area contributed by atoms with E-state index in [1.54, 1.807) is 23.5 Å². The smallest absolute Gasteiger partial charge is 0.336 e. The van der Waals surface area contributed by atoms with Crippen LogP contribution in [0.25, 0.3) is 0 Å². The molecule has 2 aromatic rings. The molecule has 8 heteroatoms. The number of aromatic hydroxyl groups is 1. The first kappa shape index (κ1) is 23.1. The summed E-state index contributed by atoms with van der Waals surface area (Å²) in [5.74, 6) is -0.772. The number of Topliss-reactive ketones (excluding diaryl/α,β-unsaturated/α-hetero) is 1. The lowest BCUT2D eigenvalue weighted by atomic mass is 9.72. The highest BCUT2D eigenvalue weighted by atomic mass is 32.1. The molecule has 0 saturated carbocycles. The van der Waals surface area contributed by atoms with E-state index in [-0.39, 0.29) is 36.4 Å². The summed E-state index contributed by atoms with van der Waals surface area (Å²) in [6.45, 7) is 2.21. The van der Waals surface area contributed by atoms with Crippen molar-refractivity contribution >= 4 is 23.1 Å². The van der Waals surface area contributed by atoms with Gasteiger partial charge in [-0.3, -0.25) is 4.79 Å². The maximum Gasteiger partial charge on any atom is 0.336 e. The standard InChI is InChI=1S/C25H27NO6S/c1-14-22(25(29)32-9-8-30-2)23(15-6-7-18(27)20(13-15)31-3)24-17(26-14)11-16(12-19(24)28)21-5-4-10-33-21/h4-7,10,13,16,23,26-27H,8-9,11-12H2,1-3H3. The van der Waals surface area contributed by atoms with Crippen molar-refractivity contribution in [3.8, 4) is 11.5 Å². The third kappa shape index (κ3) is 4.54. The van der Waals surface area contributed by atoms with Gasteiger partial charge in [-0.25, -0.2) is 4.79 Å². The molecule has 1 aromatic carbocycles. The number of benzene rings is 1. The number of allylic oxidation sites excluding steroid dienone is 3. The number of nitrogens with one attached hydrogen (secondary N) is 1. The Hall–Kier alpha value is -3.10. The van der Waals surface area contributed by atoms with Crippen molar-refractivity contribution in [1.29, 1.82) is 0 Å². The lowest BCUT2D eigenvalue weighted by Gasteiger charge is -2.36. The van der Waals surface area contributed by atoms with Crippen LogP contribution in [0.1, 0.15) is 42.0 Å². The molecule has 7 nitrogen and oxygen atoms in total. The van der Waals surface area contributed by atoms with Gasteiger partial charge in [0, 0.05) is 47.2 Å². The number of phenols is 1. The number of carbonyl (C=O) groups excluding carboxylic acids is 2. The van der Waals surface area contributed by atoms with Gasteiger partial charge in [-0.15, -0.1) is 11.3 Å². The number of carbonyl (C=O) groups is 2. The number of hydrogen-bond acceptors (Lipinski definition) is 8. The summed E-state index contributed by atoms with van der Waals surface area (Å²) in [7, 11) is 3.00. The van der Waals surface area contributed by atoms with Crippen LogP contribution in [0.2, 0.25) is 0 Å². The predicted molar refractivity (Wildman–Crippen MR) is 124 cm³/mol. The summed E-state index contributed by atoms with van der Waals surface area (Å²) in [5.41, 5.74) is 3.10. The Morgan fingerprint density at radius 3 is 2.73 bits per heavy atom. The molecule has 0 fully saturated rings. The number of phenolic OH excluding ortho intramolecular Hbond substituents is 1. The van der Waals surface area contributed by atoms with Crippen LogP contribution < -0.4 is 10.1 Å². The van der Waals surface area contributed by atoms with E-state index in [2.05, 4.69) is 11.4 Å². The average Bonchev–Trinajstić information content (AvgIpc) is 3.33. The number of esters is 1. The van der Waals surface area contributed by atoms with E-state index in [4.69, 9.17) is 14.2 Å². The van der Waals surface area contributed by atoms with E-state index < -0.39 is 11.9 Å². The molecule has 2 heterocycles. The fourth-order valence-electron chi connectivity index (χ4n) is 4.54. The first-order valence-electron chi connectivity index (χ1n) is 10.7. The molecule has 1 aliphatic carbocycles. The topological polar surface area (TPSA) is 94.1 Å². The molecule has 2 atom stereocenters. The Morgan fingerprint density at radius 2 is 2.03 bits per heavy atom. The summed E-state index contributed by atoms with van der Waals surface area (Å²) in [6.07, 6.45) is 1.05. The molecular weight excluding hydrogens is 442 g/mol. The van der Waals surface area contributed by atoms with Gasteiger partial charge in [0.2, 0.25) is 0 Å². The molecule has 33 heavy (non-hydrogen) atoms. The van der Waals surface area contributed by atoms with Crippen molar-refractivity contribution < 1.29 is 28.9 Å². The first-order chi connectivity index (χ1) is 15.9. The van der Waals surface area contributed by atoms with Crippen molar-refractivity contribution in [2.45, 2.75) is 31.6 Å². The second-order valence-corrected chi connectivity index (χ2v) is 9.07. The van der Waals surface area contributed by atoms with Gasteiger partial charge in [0.1, 0.15) is 6.61 Å². The maximum atomic E-state index is 13.5. The predicted octanol–water partition coefficient (Wildman–Crippen LogP) is 4.01. The number of ketones is 1. The normalized spacial score (nSPS) is 20.4. The number of ether oxygens (including phenoxy) is 3. The van der Waals surface area contributed by atoms with E-state index in [0.29, 0.717) is 35.2 Å². The Morgan fingerprint density at radius 1 is 1.21 bits per heavy atom. The van der Waals surface area contributed by atoms with Crippen molar-refractivity contribution in [3.05, 3.63) is 68.7 Å². The Kier molecular flexibility index (Phi) is 6.85. The lowest BCUT2D eigenvalue weighted by molar-refractivity contribution is -0.140. The van der Waals surface area contributed by atoms with Gasteiger partial charge in [0.25, 0.3) is 0 Å². The number of dihydropyridines is 1. The van der Waals surface area contributed by atoms with Gasteiger partial charge >= 0.3 is 5.97 Å².